The molecule has 9 rings (SSSR count). The monoisotopic (exact) mass is 548 g/mol. The molecule has 0 saturated carbocycles. The molecule has 0 saturated heterocycles. The Morgan fingerprint density at radius 2 is 1.63 bits per heavy atom. The fourth-order valence-corrected chi connectivity index (χ4v) is 8.89. The number of allylic oxidation sites excluding steroid dienone is 2. The lowest BCUT2D eigenvalue weighted by Gasteiger charge is -2.36. The number of nitrogens with zero attached hydrogens (tertiary/aromatic N) is 1. The summed E-state index contributed by atoms with van der Waals surface area (Å²) in [6.45, 7) is 2.39. The summed E-state index contributed by atoms with van der Waals surface area (Å²) in [5.74, 6) is 0.222. The van der Waals surface area contributed by atoms with E-state index in [1.807, 2.05) is 23.9 Å². The van der Waals surface area contributed by atoms with Gasteiger partial charge in [0.05, 0.1) is 5.52 Å². The molecule has 1 aliphatic heterocycles. The van der Waals surface area contributed by atoms with E-state index >= 15 is 0 Å². The molecule has 3 nitrogen and oxygen atoms in total. The summed E-state index contributed by atoms with van der Waals surface area (Å²) in [4.78, 5) is 1.37. The van der Waals surface area contributed by atoms with Crippen molar-refractivity contribution in [2.75, 3.05) is 0 Å². The lowest BCUT2D eigenvalue weighted by atomic mass is 9.78. The molecule has 3 heterocycles. The third kappa shape index (κ3) is 3.20. The number of benzene rings is 4. The Balaban J connectivity index is 1.31. The average molecular weight is 549 g/mol. The van der Waals surface area contributed by atoms with Gasteiger partial charge < -0.3 is 14.7 Å². The summed E-state index contributed by atoms with van der Waals surface area (Å²) in [6.07, 6.45) is 11.3. The first kappa shape index (κ1) is 23.5. The van der Waals surface area contributed by atoms with Crippen LogP contribution in [0.25, 0.3) is 44.6 Å². The molecule has 0 amide bonds. The predicted molar refractivity (Wildman–Crippen MR) is 171 cm³/mol. The van der Waals surface area contributed by atoms with E-state index in [1.54, 1.807) is 0 Å². The smallest absolute Gasteiger partial charge is 0.135 e. The average Bonchev–Trinajstić information content (AvgIpc) is 3.63. The Kier molecular flexibility index (Phi) is 4.80. The number of nitrogens with two attached hydrogens (primary N) is 1. The van der Waals surface area contributed by atoms with Crippen molar-refractivity contribution in [2.45, 2.75) is 34.4 Å². The van der Waals surface area contributed by atoms with Gasteiger partial charge in [-0.15, -0.1) is 11.8 Å². The van der Waals surface area contributed by atoms with Crippen LogP contribution >= 0.6 is 11.8 Å². The van der Waals surface area contributed by atoms with Crippen LogP contribution in [0, 0.1) is 0 Å². The maximum atomic E-state index is 6.99. The molecule has 4 atom stereocenters. The summed E-state index contributed by atoms with van der Waals surface area (Å²) in [5.41, 5.74) is 16.6. The molecule has 198 valence electrons. The molecule has 2 N–H and O–H groups in total. The van der Waals surface area contributed by atoms with Gasteiger partial charge in [0, 0.05) is 60.6 Å². The highest BCUT2D eigenvalue weighted by Gasteiger charge is 2.48. The summed E-state index contributed by atoms with van der Waals surface area (Å²) >= 11 is 1.98. The molecule has 0 spiro atoms. The second kappa shape index (κ2) is 8.39. The van der Waals surface area contributed by atoms with Crippen molar-refractivity contribution in [3.63, 3.8) is 0 Å². The molecule has 0 radical (unpaired) electrons. The Morgan fingerprint density at radius 3 is 2.56 bits per heavy atom. The molecular weight excluding hydrogens is 520 g/mol. The first-order valence-corrected chi connectivity index (χ1v) is 15.1. The van der Waals surface area contributed by atoms with Crippen LogP contribution in [0.2, 0.25) is 0 Å². The van der Waals surface area contributed by atoms with Crippen LogP contribution in [0.1, 0.15) is 41.1 Å². The fraction of sp³-hybridized carbons (Fsp3) is 0.135. The SMILES string of the molecule is CC12C=Cc3c(n(C4=CC=CC(N)C4c4ccc5oc6ccccc6c5c4)c4ccccc34)C1c1ccccc1S2. The number of hydrogen-bond acceptors (Lipinski definition) is 3. The third-order valence-corrected chi connectivity index (χ3v) is 10.7. The van der Waals surface area contributed by atoms with Crippen molar-refractivity contribution < 1.29 is 4.42 Å². The summed E-state index contributed by atoms with van der Waals surface area (Å²) in [6, 6.07) is 32.5. The molecule has 2 aromatic heterocycles. The largest absolute Gasteiger partial charge is 0.456 e. The van der Waals surface area contributed by atoms with Crippen molar-refractivity contribution >= 4 is 56.4 Å². The standard InChI is InChI=1S/C37H28N2OS/c1-37-20-19-25-23-9-2-5-13-29(23)39(36(25)35(37)26-11-4-7-16-33(26)41-37)30-14-8-12-28(38)34(30)22-17-18-32-27(21-22)24-10-3-6-15-31(24)40-32/h2-21,28,34-35H,38H2,1H3. The first-order chi connectivity index (χ1) is 20.1. The molecule has 6 aromatic rings. The lowest BCUT2D eigenvalue weighted by molar-refractivity contribution is 0.637. The quantitative estimate of drug-likeness (QED) is 0.235. The maximum absolute atomic E-state index is 6.99. The number of para-hydroxylation sites is 2. The summed E-state index contributed by atoms with van der Waals surface area (Å²) in [5, 5.41) is 3.56. The highest BCUT2D eigenvalue weighted by Crippen LogP contribution is 2.60. The van der Waals surface area contributed by atoms with E-state index in [1.165, 1.54) is 43.9 Å². The second-order valence-electron chi connectivity index (χ2n) is 11.6. The first-order valence-electron chi connectivity index (χ1n) is 14.3. The van der Waals surface area contributed by atoms with E-state index in [0.29, 0.717) is 0 Å². The Morgan fingerprint density at radius 1 is 0.854 bits per heavy atom. The van der Waals surface area contributed by atoms with E-state index in [2.05, 4.69) is 121 Å². The van der Waals surface area contributed by atoms with Gasteiger partial charge >= 0.3 is 0 Å². The van der Waals surface area contributed by atoms with Crippen molar-refractivity contribution in [2.24, 2.45) is 5.73 Å². The Bertz CT molecular complexity index is 2140. The van der Waals surface area contributed by atoms with E-state index in [9.17, 15) is 0 Å². The van der Waals surface area contributed by atoms with Crippen LogP contribution in [0.3, 0.4) is 0 Å². The van der Waals surface area contributed by atoms with Crippen LogP contribution in [-0.2, 0) is 0 Å². The Hall–Kier alpha value is -4.25. The van der Waals surface area contributed by atoms with Crippen LogP contribution in [0.5, 0.6) is 0 Å². The minimum absolute atomic E-state index is 0.0144. The molecule has 2 aliphatic carbocycles. The van der Waals surface area contributed by atoms with Gasteiger partial charge in [-0.05, 0) is 54.5 Å². The van der Waals surface area contributed by atoms with Crippen molar-refractivity contribution in [3.8, 4) is 0 Å². The zero-order valence-electron chi connectivity index (χ0n) is 22.6. The van der Waals surface area contributed by atoms with Crippen LogP contribution in [0.15, 0.2) is 125 Å². The van der Waals surface area contributed by atoms with Gasteiger partial charge in [0.25, 0.3) is 0 Å². The topological polar surface area (TPSA) is 44.1 Å². The van der Waals surface area contributed by atoms with E-state index < -0.39 is 0 Å². The van der Waals surface area contributed by atoms with Crippen molar-refractivity contribution in [1.82, 2.24) is 4.57 Å². The summed E-state index contributed by atoms with van der Waals surface area (Å²) in [7, 11) is 0. The van der Waals surface area contributed by atoms with Gasteiger partial charge in [0.2, 0.25) is 0 Å². The van der Waals surface area contributed by atoms with Gasteiger partial charge in [-0.3, -0.25) is 0 Å². The van der Waals surface area contributed by atoms with E-state index in [-0.39, 0.29) is 22.6 Å². The zero-order valence-corrected chi connectivity index (χ0v) is 23.4. The molecule has 4 heteroatoms. The molecule has 4 aromatic carbocycles. The molecule has 41 heavy (non-hydrogen) atoms. The zero-order chi connectivity index (χ0) is 27.3. The molecular formula is C37H28N2OS. The number of aromatic nitrogens is 1. The molecule has 0 bridgehead atoms. The van der Waals surface area contributed by atoms with Gasteiger partial charge in [-0.1, -0.05) is 85.0 Å². The minimum atomic E-state index is -0.154. The number of rotatable bonds is 2. The Labute approximate surface area is 242 Å². The van der Waals surface area contributed by atoms with E-state index in [4.69, 9.17) is 10.2 Å². The van der Waals surface area contributed by atoms with Gasteiger partial charge in [0.15, 0.2) is 0 Å². The third-order valence-electron chi connectivity index (χ3n) is 9.26. The fourth-order valence-electron chi connectivity index (χ4n) is 7.48. The minimum Gasteiger partial charge on any atom is -0.456 e. The lowest BCUT2D eigenvalue weighted by Crippen LogP contribution is -2.33. The molecule has 3 aliphatic rings. The van der Waals surface area contributed by atoms with E-state index in [0.717, 1.165) is 21.9 Å². The van der Waals surface area contributed by atoms with Gasteiger partial charge in [0.1, 0.15) is 11.2 Å². The second-order valence-corrected chi connectivity index (χ2v) is 13.2. The number of thioether (sulfide) groups is 1. The molecule has 4 unspecified atom stereocenters. The highest BCUT2D eigenvalue weighted by molar-refractivity contribution is 8.01. The van der Waals surface area contributed by atoms with Crippen molar-refractivity contribution in [1.29, 1.82) is 0 Å². The van der Waals surface area contributed by atoms with Gasteiger partial charge in [-0.2, -0.15) is 0 Å². The predicted octanol–water partition coefficient (Wildman–Crippen LogP) is 9.09. The summed E-state index contributed by atoms with van der Waals surface area (Å²) < 4.78 is 8.66. The van der Waals surface area contributed by atoms with Crippen LogP contribution in [0.4, 0.5) is 0 Å². The van der Waals surface area contributed by atoms with Crippen molar-refractivity contribution in [3.05, 3.63) is 138 Å². The van der Waals surface area contributed by atoms with Gasteiger partial charge in [-0.25, -0.2) is 0 Å². The number of hydrogen-bond donors (Lipinski definition) is 1. The highest BCUT2D eigenvalue weighted by atomic mass is 32.2. The molecule has 0 fully saturated rings. The number of furan rings is 1. The maximum Gasteiger partial charge on any atom is 0.135 e. The number of fused-ring (bicyclic) bond motifs is 10. The normalized spacial score (nSPS) is 24.5. The van der Waals surface area contributed by atoms with Crippen LogP contribution in [-0.4, -0.2) is 15.4 Å². The van der Waals surface area contributed by atoms with Crippen LogP contribution < -0.4 is 5.73 Å².